The van der Waals surface area contributed by atoms with Crippen molar-refractivity contribution in [2.75, 3.05) is 5.73 Å². The Hall–Kier alpha value is -2.25. The summed E-state index contributed by atoms with van der Waals surface area (Å²) in [6, 6.07) is 3.66. The van der Waals surface area contributed by atoms with Crippen molar-refractivity contribution in [2.24, 2.45) is 0 Å². The Bertz CT molecular complexity index is 624. The van der Waals surface area contributed by atoms with Gasteiger partial charge >= 0.3 is 6.18 Å². The van der Waals surface area contributed by atoms with Gasteiger partial charge in [-0.15, -0.1) is 0 Å². The zero-order valence-electron chi connectivity index (χ0n) is 9.17. The molecule has 0 fully saturated rings. The first-order valence-corrected chi connectivity index (χ1v) is 4.94. The van der Waals surface area contributed by atoms with Crippen molar-refractivity contribution in [1.82, 2.24) is 9.97 Å². The number of rotatable bonds is 1. The fourth-order valence-electron chi connectivity index (χ4n) is 1.40. The summed E-state index contributed by atoms with van der Waals surface area (Å²) in [5.41, 5.74) is 4.98. The largest absolute Gasteiger partial charge is 0.451 e. The summed E-state index contributed by atoms with van der Waals surface area (Å²) < 4.78 is 63.3. The maximum Gasteiger partial charge on any atom is 0.451 e. The van der Waals surface area contributed by atoms with Gasteiger partial charge in [-0.05, 0) is 18.2 Å². The van der Waals surface area contributed by atoms with Crippen LogP contribution in [-0.2, 0) is 6.18 Å². The number of nitrogens with zero attached hydrogens (tertiary/aromatic N) is 2. The molecule has 2 N–H and O–H groups in total. The van der Waals surface area contributed by atoms with Gasteiger partial charge in [0.25, 0.3) is 0 Å². The van der Waals surface area contributed by atoms with Gasteiger partial charge in [0.1, 0.15) is 5.82 Å². The molecule has 0 aliphatic heterocycles. The number of nitrogens with two attached hydrogens (primary N) is 1. The van der Waals surface area contributed by atoms with Crippen molar-refractivity contribution in [3.05, 3.63) is 41.7 Å². The van der Waals surface area contributed by atoms with Crippen molar-refractivity contribution < 1.29 is 22.0 Å². The predicted octanol–water partition coefficient (Wildman–Crippen LogP) is 3.02. The van der Waals surface area contributed by atoms with Crippen molar-refractivity contribution in [1.29, 1.82) is 0 Å². The fraction of sp³-hybridized carbons (Fsp3) is 0.0909. The van der Waals surface area contributed by atoms with E-state index >= 15 is 0 Å². The second kappa shape index (κ2) is 4.45. The van der Waals surface area contributed by atoms with E-state index in [0.29, 0.717) is 0 Å². The normalized spacial score (nSPS) is 11.6. The maximum absolute atomic E-state index is 13.0. The number of hydrogen-bond acceptors (Lipinski definition) is 3. The van der Waals surface area contributed by atoms with E-state index in [0.717, 1.165) is 24.3 Å². The second-order valence-electron chi connectivity index (χ2n) is 3.63. The summed E-state index contributed by atoms with van der Waals surface area (Å²) in [6.07, 6.45) is -4.78. The third-order valence-electron chi connectivity index (χ3n) is 2.21. The Morgan fingerprint density at radius 2 is 1.63 bits per heavy atom. The molecule has 2 rings (SSSR count). The molecule has 8 heteroatoms. The van der Waals surface area contributed by atoms with E-state index in [-0.39, 0.29) is 11.3 Å². The van der Waals surface area contributed by atoms with Gasteiger partial charge in [0.15, 0.2) is 11.6 Å². The van der Waals surface area contributed by atoms with E-state index in [1.54, 1.807) is 0 Å². The first-order chi connectivity index (χ1) is 8.77. The number of nitrogen functional groups attached to an aromatic ring is 1. The van der Waals surface area contributed by atoms with Crippen LogP contribution in [0.25, 0.3) is 11.3 Å². The molecule has 0 aliphatic carbocycles. The molecule has 0 saturated carbocycles. The topological polar surface area (TPSA) is 51.8 Å². The summed E-state index contributed by atoms with van der Waals surface area (Å²) in [6.45, 7) is 0. The molecule has 3 nitrogen and oxygen atoms in total. The second-order valence-corrected chi connectivity index (χ2v) is 3.63. The van der Waals surface area contributed by atoms with E-state index in [4.69, 9.17) is 5.73 Å². The molecule has 0 saturated heterocycles. The van der Waals surface area contributed by atoms with Crippen LogP contribution in [-0.4, -0.2) is 9.97 Å². The molecule has 1 aromatic carbocycles. The standard InChI is InChI=1S/C11H6F5N3/c12-6-2-1-5(3-7(6)13)8-4-9(17)19-10(18-8)11(14,15)16/h1-4H,(H2,17,18,19). The number of halogens is 5. The highest BCUT2D eigenvalue weighted by Crippen LogP contribution is 2.29. The fourth-order valence-corrected chi connectivity index (χ4v) is 1.40. The van der Waals surface area contributed by atoms with Crippen molar-refractivity contribution in [3.63, 3.8) is 0 Å². The third kappa shape index (κ3) is 2.78. The Kier molecular flexibility index (Phi) is 3.09. The van der Waals surface area contributed by atoms with Crippen LogP contribution in [0.3, 0.4) is 0 Å². The molecule has 0 radical (unpaired) electrons. The van der Waals surface area contributed by atoms with Crippen LogP contribution in [0.5, 0.6) is 0 Å². The lowest BCUT2D eigenvalue weighted by Crippen LogP contribution is -2.13. The van der Waals surface area contributed by atoms with Gasteiger partial charge in [0.2, 0.25) is 5.82 Å². The van der Waals surface area contributed by atoms with Gasteiger partial charge in [-0.3, -0.25) is 0 Å². The SMILES string of the molecule is Nc1cc(-c2ccc(F)c(F)c2)nc(C(F)(F)F)n1. The van der Waals surface area contributed by atoms with E-state index in [2.05, 4.69) is 9.97 Å². The molecule has 0 bridgehead atoms. The minimum absolute atomic E-state index is 0.0292. The predicted molar refractivity (Wildman–Crippen MR) is 56.8 cm³/mol. The average Bonchev–Trinajstić information content (AvgIpc) is 2.31. The summed E-state index contributed by atoms with van der Waals surface area (Å²) in [7, 11) is 0. The Balaban J connectivity index is 2.56. The highest BCUT2D eigenvalue weighted by molar-refractivity contribution is 5.62. The van der Waals surface area contributed by atoms with Gasteiger partial charge in [0.05, 0.1) is 5.69 Å². The van der Waals surface area contributed by atoms with E-state index in [9.17, 15) is 22.0 Å². The molecule has 0 unspecified atom stereocenters. The highest BCUT2D eigenvalue weighted by Gasteiger charge is 2.35. The molecule has 0 aliphatic rings. The molecular weight excluding hydrogens is 269 g/mol. The zero-order valence-corrected chi connectivity index (χ0v) is 9.17. The van der Waals surface area contributed by atoms with Gasteiger partial charge in [-0.2, -0.15) is 13.2 Å². The number of benzene rings is 1. The molecule has 1 heterocycles. The summed E-state index contributed by atoms with van der Waals surface area (Å²) in [5.74, 6) is -4.15. The van der Waals surface area contributed by atoms with E-state index in [1.165, 1.54) is 0 Å². The minimum atomic E-state index is -4.78. The zero-order chi connectivity index (χ0) is 14.2. The van der Waals surface area contributed by atoms with Crippen LogP contribution in [0.4, 0.5) is 27.8 Å². The lowest BCUT2D eigenvalue weighted by Gasteiger charge is -2.08. The molecule has 0 amide bonds. The van der Waals surface area contributed by atoms with E-state index in [1.807, 2.05) is 0 Å². The van der Waals surface area contributed by atoms with Crippen molar-refractivity contribution in [2.45, 2.75) is 6.18 Å². The van der Waals surface area contributed by atoms with Gasteiger partial charge in [-0.25, -0.2) is 18.7 Å². The number of hydrogen-bond donors (Lipinski definition) is 1. The smallest absolute Gasteiger partial charge is 0.384 e. The van der Waals surface area contributed by atoms with Crippen LogP contribution < -0.4 is 5.73 Å². The van der Waals surface area contributed by atoms with Crippen LogP contribution in [0.1, 0.15) is 5.82 Å². The van der Waals surface area contributed by atoms with Crippen LogP contribution in [0.2, 0.25) is 0 Å². The summed E-state index contributed by atoms with van der Waals surface area (Å²) in [4.78, 5) is 6.29. The van der Waals surface area contributed by atoms with Gasteiger partial charge in [0, 0.05) is 11.6 Å². The third-order valence-corrected chi connectivity index (χ3v) is 2.21. The molecule has 0 atom stereocenters. The monoisotopic (exact) mass is 275 g/mol. The van der Waals surface area contributed by atoms with Crippen LogP contribution in [0, 0.1) is 11.6 Å². The maximum atomic E-state index is 13.0. The van der Waals surface area contributed by atoms with Gasteiger partial charge < -0.3 is 5.73 Å². The van der Waals surface area contributed by atoms with Crippen molar-refractivity contribution >= 4 is 5.82 Å². The van der Waals surface area contributed by atoms with E-state index < -0.39 is 29.5 Å². The molecular formula is C11H6F5N3. The van der Waals surface area contributed by atoms with Gasteiger partial charge in [-0.1, -0.05) is 0 Å². The summed E-state index contributed by atoms with van der Waals surface area (Å²) >= 11 is 0. The first-order valence-electron chi connectivity index (χ1n) is 4.94. The Morgan fingerprint density at radius 1 is 0.947 bits per heavy atom. The Morgan fingerprint density at radius 3 is 2.21 bits per heavy atom. The average molecular weight is 275 g/mol. The quantitative estimate of drug-likeness (QED) is 0.814. The molecule has 1 aromatic heterocycles. The Labute approximate surface area is 103 Å². The van der Waals surface area contributed by atoms with Crippen LogP contribution in [0.15, 0.2) is 24.3 Å². The number of alkyl halides is 3. The molecule has 2 aromatic rings. The minimum Gasteiger partial charge on any atom is -0.384 e. The molecule has 100 valence electrons. The highest BCUT2D eigenvalue weighted by atomic mass is 19.4. The first kappa shape index (κ1) is 13.2. The number of aromatic nitrogens is 2. The molecule has 19 heavy (non-hydrogen) atoms. The lowest BCUT2D eigenvalue weighted by molar-refractivity contribution is -0.144. The lowest BCUT2D eigenvalue weighted by atomic mass is 10.1. The molecule has 0 spiro atoms. The van der Waals surface area contributed by atoms with Crippen LogP contribution >= 0.6 is 0 Å². The van der Waals surface area contributed by atoms with Crippen molar-refractivity contribution in [3.8, 4) is 11.3 Å². The summed E-state index contributed by atoms with van der Waals surface area (Å²) in [5, 5.41) is 0. The number of anilines is 1.